The van der Waals surface area contributed by atoms with Gasteiger partial charge < -0.3 is 15.7 Å². The first-order valence-corrected chi connectivity index (χ1v) is 10.9. The number of hydrogen-bond donors (Lipinski definition) is 3. The number of nitrogens with one attached hydrogen (secondary N) is 2. The third-order valence-electron chi connectivity index (χ3n) is 4.98. The zero-order chi connectivity index (χ0) is 23.4. The van der Waals surface area contributed by atoms with Gasteiger partial charge in [-0.25, -0.2) is 0 Å². The lowest BCUT2D eigenvalue weighted by atomic mass is 10.0. The van der Waals surface area contributed by atoms with E-state index in [2.05, 4.69) is 10.6 Å². The number of aliphatic hydroxyl groups excluding tert-OH is 1. The van der Waals surface area contributed by atoms with E-state index >= 15 is 0 Å². The van der Waals surface area contributed by atoms with E-state index in [4.69, 9.17) is 34.8 Å². The third-order valence-corrected chi connectivity index (χ3v) is 5.93. The minimum Gasteiger partial charge on any atom is -0.386 e. The van der Waals surface area contributed by atoms with Gasteiger partial charge >= 0.3 is 0 Å². The van der Waals surface area contributed by atoms with Crippen LogP contribution in [-0.4, -0.2) is 23.0 Å². The number of hydrogen-bond acceptors (Lipinski definition) is 3. The summed E-state index contributed by atoms with van der Waals surface area (Å²) in [5.41, 5.74) is 2.39. The van der Waals surface area contributed by atoms with E-state index in [9.17, 15) is 14.7 Å². The summed E-state index contributed by atoms with van der Waals surface area (Å²) < 4.78 is 0. The number of carbonyl (C=O) groups is 2. The van der Waals surface area contributed by atoms with Crippen LogP contribution in [0.1, 0.15) is 44.9 Å². The van der Waals surface area contributed by atoms with Gasteiger partial charge in [-0.1, -0.05) is 65.1 Å². The monoisotopic (exact) mass is 490 g/mol. The molecule has 0 aliphatic heterocycles. The average molecular weight is 492 g/mol. The number of carbonyl (C=O) groups excluding carboxylic acids is 2. The first-order valence-electron chi connectivity index (χ1n) is 9.78. The van der Waals surface area contributed by atoms with Crippen molar-refractivity contribution >= 4 is 52.3 Å². The summed E-state index contributed by atoms with van der Waals surface area (Å²) in [6, 6.07) is 16.1. The predicted octanol–water partition coefficient (Wildman–Crippen LogP) is 6.06. The van der Waals surface area contributed by atoms with Gasteiger partial charge in [0.15, 0.2) is 0 Å². The number of anilines is 1. The predicted molar refractivity (Wildman–Crippen MR) is 129 cm³/mol. The highest BCUT2D eigenvalue weighted by atomic mass is 35.5. The Morgan fingerprint density at radius 2 is 1.34 bits per heavy atom. The molecule has 5 nitrogen and oxygen atoms in total. The maximum Gasteiger partial charge on any atom is 0.258 e. The molecule has 1 unspecified atom stereocenters. The van der Waals surface area contributed by atoms with Crippen molar-refractivity contribution in [1.29, 1.82) is 0 Å². The lowest BCUT2D eigenvalue weighted by Gasteiger charge is -2.22. The van der Waals surface area contributed by atoms with Gasteiger partial charge in [-0.3, -0.25) is 9.59 Å². The van der Waals surface area contributed by atoms with Gasteiger partial charge in [-0.15, -0.1) is 0 Å². The summed E-state index contributed by atoms with van der Waals surface area (Å²) in [6.45, 7) is 3.49. The highest BCUT2D eigenvalue weighted by Gasteiger charge is 2.22. The van der Waals surface area contributed by atoms with Gasteiger partial charge in [0.1, 0.15) is 0 Å². The van der Waals surface area contributed by atoms with Crippen LogP contribution in [-0.2, 0) is 0 Å². The Kier molecular flexibility index (Phi) is 7.80. The minimum absolute atomic E-state index is 0.186. The number of amides is 2. The van der Waals surface area contributed by atoms with Gasteiger partial charge in [0.25, 0.3) is 11.8 Å². The lowest BCUT2D eigenvalue weighted by molar-refractivity contribution is 0.0851. The highest BCUT2D eigenvalue weighted by molar-refractivity contribution is 6.40. The van der Waals surface area contributed by atoms with E-state index < -0.39 is 18.1 Å². The van der Waals surface area contributed by atoms with Gasteiger partial charge in [0, 0.05) is 5.69 Å². The average Bonchev–Trinajstić information content (AvgIpc) is 2.73. The molecule has 0 radical (unpaired) electrons. The number of rotatable bonds is 6. The molecule has 0 bridgehead atoms. The molecule has 3 N–H and O–H groups in total. The van der Waals surface area contributed by atoms with Crippen molar-refractivity contribution in [2.75, 3.05) is 5.32 Å². The molecule has 8 heteroatoms. The summed E-state index contributed by atoms with van der Waals surface area (Å²) in [4.78, 5) is 25.1. The van der Waals surface area contributed by atoms with Gasteiger partial charge in [-0.2, -0.15) is 0 Å². The topological polar surface area (TPSA) is 78.4 Å². The summed E-state index contributed by atoms with van der Waals surface area (Å²) in [5.74, 6) is -0.801. The molecule has 3 rings (SSSR count). The van der Waals surface area contributed by atoms with Crippen molar-refractivity contribution in [3.63, 3.8) is 0 Å². The van der Waals surface area contributed by atoms with Crippen molar-refractivity contribution in [1.82, 2.24) is 5.32 Å². The SMILES string of the molecule is Cc1cccc(Cl)c1C(=O)N[C@@H](C)C(O)c1ccc(NC(=O)c2c(Cl)cccc2Cl)cc1. The van der Waals surface area contributed by atoms with Gasteiger partial charge in [-0.05, 0) is 55.3 Å². The third kappa shape index (κ3) is 5.43. The van der Waals surface area contributed by atoms with Crippen molar-refractivity contribution < 1.29 is 14.7 Å². The van der Waals surface area contributed by atoms with Crippen LogP contribution in [0.15, 0.2) is 60.7 Å². The van der Waals surface area contributed by atoms with Crippen LogP contribution >= 0.6 is 34.8 Å². The summed E-state index contributed by atoms with van der Waals surface area (Å²) in [6.07, 6.45) is -0.968. The number of halogens is 3. The first-order chi connectivity index (χ1) is 15.2. The second kappa shape index (κ2) is 10.4. The van der Waals surface area contributed by atoms with E-state index in [0.717, 1.165) is 5.56 Å². The molecule has 0 heterocycles. The maximum atomic E-state index is 12.6. The van der Waals surface area contributed by atoms with E-state index in [1.807, 2.05) is 0 Å². The largest absolute Gasteiger partial charge is 0.386 e. The second-order valence-corrected chi connectivity index (χ2v) is 8.53. The second-order valence-electron chi connectivity index (χ2n) is 7.31. The van der Waals surface area contributed by atoms with Crippen LogP contribution in [0.4, 0.5) is 5.69 Å². The van der Waals surface area contributed by atoms with Gasteiger partial charge in [0.05, 0.1) is 38.3 Å². The zero-order valence-electron chi connectivity index (χ0n) is 17.3. The Morgan fingerprint density at radius 1 is 0.812 bits per heavy atom. The molecule has 0 aromatic heterocycles. The van der Waals surface area contributed by atoms with Crippen LogP contribution in [0, 0.1) is 6.92 Å². The Morgan fingerprint density at radius 3 is 1.91 bits per heavy atom. The van der Waals surface area contributed by atoms with Crippen molar-refractivity contribution in [2.24, 2.45) is 0 Å². The van der Waals surface area contributed by atoms with Crippen LogP contribution in [0.3, 0.4) is 0 Å². The zero-order valence-corrected chi connectivity index (χ0v) is 19.6. The number of aryl methyl sites for hydroxylation is 1. The van der Waals surface area contributed by atoms with Crippen LogP contribution in [0.5, 0.6) is 0 Å². The fraction of sp³-hybridized carbons (Fsp3) is 0.167. The molecular formula is C24H21Cl3N2O3. The number of benzene rings is 3. The van der Waals surface area contributed by atoms with Crippen molar-refractivity contribution in [3.05, 3.63) is 98.0 Å². The molecule has 3 aromatic rings. The molecule has 2 atom stereocenters. The molecule has 0 spiro atoms. The summed E-state index contributed by atoms with van der Waals surface area (Å²) in [5, 5.41) is 17.0. The van der Waals surface area contributed by atoms with Crippen molar-refractivity contribution in [2.45, 2.75) is 26.0 Å². The van der Waals surface area contributed by atoms with E-state index in [-0.39, 0.29) is 21.5 Å². The molecule has 0 aliphatic carbocycles. The Bertz CT molecular complexity index is 1110. The fourth-order valence-corrected chi connectivity index (χ4v) is 4.11. The smallest absolute Gasteiger partial charge is 0.258 e. The minimum atomic E-state index is -0.968. The lowest BCUT2D eigenvalue weighted by Crippen LogP contribution is -2.37. The molecular weight excluding hydrogens is 471 g/mol. The molecule has 0 fully saturated rings. The van der Waals surface area contributed by atoms with Crippen LogP contribution in [0.25, 0.3) is 0 Å². The van der Waals surface area contributed by atoms with E-state index in [0.29, 0.717) is 21.8 Å². The van der Waals surface area contributed by atoms with Crippen LogP contribution in [0.2, 0.25) is 15.1 Å². The molecule has 0 saturated carbocycles. The Balaban J connectivity index is 1.67. The van der Waals surface area contributed by atoms with Crippen molar-refractivity contribution in [3.8, 4) is 0 Å². The standard InChI is InChI=1S/C24H21Cl3N2O3/c1-13-5-3-6-17(25)20(13)23(31)28-14(2)22(30)15-9-11-16(12-10-15)29-24(32)21-18(26)7-4-8-19(21)27/h3-12,14,22,30H,1-2H3,(H,28,31)(H,29,32)/t14-,22?/m0/s1. The fourth-order valence-electron chi connectivity index (χ4n) is 3.24. The molecule has 32 heavy (non-hydrogen) atoms. The Hall–Kier alpha value is -2.57. The van der Waals surface area contributed by atoms with E-state index in [1.54, 1.807) is 74.5 Å². The molecule has 0 saturated heterocycles. The quantitative estimate of drug-likeness (QED) is 0.392. The summed E-state index contributed by atoms with van der Waals surface area (Å²) >= 11 is 18.3. The molecule has 3 aromatic carbocycles. The molecule has 166 valence electrons. The first kappa shape index (κ1) is 24.1. The normalized spacial score (nSPS) is 12.7. The maximum absolute atomic E-state index is 12.6. The summed E-state index contributed by atoms with van der Waals surface area (Å²) in [7, 11) is 0. The Labute approximate surface area is 201 Å². The van der Waals surface area contributed by atoms with Crippen LogP contribution < -0.4 is 10.6 Å². The highest BCUT2D eigenvalue weighted by Crippen LogP contribution is 2.26. The van der Waals surface area contributed by atoms with E-state index in [1.165, 1.54) is 0 Å². The number of aliphatic hydroxyl groups is 1. The van der Waals surface area contributed by atoms with Gasteiger partial charge in [0.2, 0.25) is 0 Å². The molecule has 2 amide bonds. The molecule has 0 aliphatic rings.